The van der Waals surface area contributed by atoms with E-state index in [0.29, 0.717) is 5.82 Å². The van der Waals surface area contributed by atoms with Crippen molar-refractivity contribution in [1.82, 2.24) is 15.0 Å². The lowest BCUT2D eigenvalue weighted by molar-refractivity contribution is 0.229. The molecule has 0 atom stereocenters. The van der Waals surface area contributed by atoms with Crippen molar-refractivity contribution >= 4 is 12.0 Å². The number of hydrogen-bond donors (Lipinski definition) is 1. The van der Waals surface area contributed by atoms with Gasteiger partial charge in [0, 0.05) is 14.1 Å². The Kier molecular flexibility index (Phi) is 2.27. The second-order valence-corrected chi connectivity index (χ2v) is 2.47. The third-order valence-electron chi connectivity index (χ3n) is 1.15. The van der Waals surface area contributed by atoms with Gasteiger partial charge in [0.05, 0.1) is 0 Å². The Morgan fingerprint density at radius 1 is 1.58 bits per heavy atom. The molecule has 66 valence electrons. The van der Waals surface area contributed by atoms with Crippen molar-refractivity contribution in [2.24, 2.45) is 0 Å². The molecule has 1 N–H and O–H groups in total. The van der Waals surface area contributed by atoms with Crippen LogP contribution in [0.1, 0.15) is 5.82 Å². The normalized spacial score (nSPS) is 9.58. The molecule has 0 aliphatic rings. The molecule has 1 heterocycles. The Morgan fingerprint density at radius 2 is 2.25 bits per heavy atom. The number of amides is 2. The number of aryl methyl sites for hydroxylation is 1. The van der Waals surface area contributed by atoms with Crippen LogP contribution in [-0.4, -0.2) is 35.2 Å². The molecule has 0 aromatic carbocycles. The molecule has 0 fully saturated rings. The fourth-order valence-corrected chi connectivity index (χ4v) is 0.551. The number of urea groups is 1. The summed E-state index contributed by atoms with van der Waals surface area (Å²) in [5, 5.41) is 5.92. The number of nitrogens with one attached hydrogen (secondary N) is 1. The van der Waals surface area contributed by atoms with Gasteiger partial charge in [0.1, 0.15) is 0 Å². The van der Waals surface area contributed by atoms with Gasteiger partial charge in [-0.3, -0.25) is 5.32 Å². The van der Waals surface area contributed by atoms with Crippen molar-refractivity contribution in [2.45, 2.75) is 6.92 Å². The maximum atomic E-state index is 11.0. The van der Waals surface area contributed by atoms with Crippen molar-refractivity contribution < 1.29 is 9.32 Å². The van der Waals surface area contributed by atoms with Gasteiger partial charge in [0.25, 0.3) is 0 Å². The van der Waals surface area contributed by atoms with E-state index in [9.17, 15) is 4.79 Å². The molecule has 0 spiro atoms. The van der Waals surface area contributed by atoms with E-state index in [2.05, 4.69) is 20.0 Å². The summed E-state index contributed by atoms with van der Waals surface area (Å²) < 4.78 is 4.67. The van der Waals surface area contributed by atoms with Crippen LogP contribution in [0.3, 0.4) is 0 Å². The van der Waals surface area contributed by atoms with E-state index in [1.54, 1.807) is 21.0 Å². The summed E-state index contributed by atoms with van der Waals surface area (Å²) >= 11 is 0. The molecule has 0 unspecified atom stereocenters. The molecule has 6 nitrogen and oxygen atoms in total. The van der Waals surface area contributed by atoms with Gasteiger partial charge in [-0.25, -0.2) is 4.79 Å². The Balaban J connectivity index is 2.58. The lowest BCUT2D eigenvalue weighted by Gasteiger charge is -2.07. The first-order valence-corrected chi connectivity index (χ1v) is 3.38. The number of anilines is 1. The first kappa shape index (κ1) is 8.51. The second-order valence-electron chi connectivity index (χ2n) is 2.47. The van der Waals surface area contributed by atoms with Crippen molar-refractivity contribution in [3.05, 3.63) is 5.82 Å². The van der Waals surface area contributed by atoms with E-state index in [1.165, 1.54) is 4.90 Å². The highest BCUT2D eigenvalue weighted by Crippen LogP contribution is 2.02. The van der Waals surface area contributed by atoms with Gasteiger partial charge in [-0.2, -0.15) is 4.98 Å². The van der Waals surface area contributed by atoms with Gasteiger partial charge in [-0.15, -0.1) is 0 Å². The van der Waals surface area contributed by atoms with Crippen LogP contribution in [-0.2, 0) is 0 Å². The van der Waals surface area contributed by atoms with Gasteiger partial charge >= 0.3 is 12.0 Å². The highest BCUT2D eigenvalue weighted by atomic mass is 16.5. The Bertz CT molecular complexity index is 281. The van der Waals surface area contributed by atoms with Crippen LogP contribution in [0.15, 0.2) is 4.52 Å². The highest BCUT2D eigenvalue weighted by molar-refractivity contribution is 5.86. The molecular formula is C6H10N4O2. The average Bonchev–Trinajstić information content (AvgIpc) is 2.35. The SMILES string of the molecule is Cc1noc(NC(=O)N(C)C)n1. The molecule has 0 bridgehead atoms. The molecule has 1 rings (SSSR count). The van der Waals surface area contributed by atoms with Crippen LogP contribution in [0.5, 0.6) is 0 Å². The predicted octanol–water partition coefficient (Wildman–Crippen LogP) is 0.472. The van der Waals surface area contributed by atoms with Gasteiger partial charge in [-0.1, -0.05) is 5.16 Å². The summed E-state index contributed by atoms with van der Waals surface area (Å²) in [6.07, 6.45) is 0. The molecule has 12 heavy (non-hydrogen) atoms. The lowest BCUT2D eigenvalue weighted by atomic mass is 10.7. The summed E-state index contributed by atoms with van der Waals surface area (Å²) in [6, 6.07) is -0.176. The molecule has 0 aliphatic heterocycles. The van der Waals surface area contributed by atoms with Crippen molar-refractivity contribution in [3.63, 3.8) is 0 Å². The quantitative estimate of drug-likeness (QED) is 0.665. The van der Waals surface area contributed by atoms with Gasteiger partial charge < -0.3 is 9.42 Å². The number of aromatic nitrogens is 2. The Labute approximate surface area is 69.5 Å². The van der Waals surface area contributed by atoms with E-state index in [4.69, 9.17) is 0 Å². The fraction of sp³-hybridized carbons (Fsp3) is 0.500. The predicted molar refractivity (Wildman–Crippen MR) is 41.7 cm³/mol. The van der Waals surface area contributed by atoms with Crippen molar-refractivity contribution in [3.8, 4) is 0 Å². The number of rotatable bonds is 1. The smallest absolute Gasteiger partial charge is 0.329 e. The minimum absolute atomic E-state index is 0.117. The van der Waals surface area contributed by atoms with Gasteiger partial charge in [0.2, 0.25) is 0 Å². The molecule has 0 saturated carbocycles. The van der Waals surface area contributed by atoms with Crippen LogP contribution < -0.4 is 5.32 Å². The summed E-state index contributed by atoms with van der Waals surface area (Å²) in [6.45, 7) is 1.68. The Morgan fingerprint density at radius 3 is 2.67 bits per heavy atom. The zero-order valence-corrected chi connectivity index (χ0v) is 7.16. The summed E-state index contributed by atoms with van der Waals surface area (Å²) in [5.74, 6) is 0.490. The zero-order valence-electron chi connectivity index (χ0n) is 7.16. The monoisotopic (exact) mass is 170 g/mol. The molecular weight excluding hydrogens is 160 g/mol. The molecule has 0 saturated heterocycles. The summed E-state index contributed by atoms with van der Waals surface area (Å²) in [5.41, 5.74) is 0. The number of carbonyl (C=O) groups is 1. The van der Waals surface area contributed by atoms with E-state index in [0.717, 1.165) is 0 Å². The van der Waals surface area contributed by atoms with Crippen LogP contribution in [0, 0.1) is 6.92 Å². The molecule has 1 aromatic heterocycles. The number of nitrogens with zero attached hydrogens (tertiary/aromatic N) is 3. The average molecular weight is 170 g/mol. The van der Waals surface area contributed by atoms with Crippen LogP contribution in [0.4, 0.5) is 10.8 Å². The first-order chi connectivity index (χ1) is 5.59. The molecule has 0 aliphatic carbocycles. The Hall–Kier alpha value is -1.59. The minimum Gasteiger partial charge on any atom is -0.331 e. The molecule has 0 radical (unpaired) electrons. The summed E-state index contributed by atoms with van der Waals surface area (Å²) in [4.78, 5) is 16.2. The van der Waals surface area contributed by atoms with E-state index < -0.39 is 0 Å². The highest BCUT2D eigenvalue weighted by Gasteiger charge is 2.08. The molecule has 6 heteroatoms. The van der Waals surface area contributed by atoms with Crippen molar-refractivity contribution in [1.29, 1.82) is 0 Å². The number of hydrogen-bond acceptors (Lipinski definition) is 4. The zero-order chi connectivity index (χ0) is 9.14. The van der Waals surface area contributed by atoms with Crippen LogP contribution in [0.25, 0.3) is 0 Å². The van der Waals surface area contributed by atoms with E-state index in [1.807, 2.05) is 0 Å². The third-order valence-corrected chi connectivity index (χ3v) is 1.15. The van der Waals surface area contributed by atoms with E-state index in [-0.39, 0.29) is 12.0 Å². The minimum atomic E-state index is -0.293. The van der Waals surface area contributed by atoms with Crippen LogP contribution >= 0.6 is 0 Å². The topological polar surface area (TPSA) is 71.3 Å². The lowest BCUT2D eigenvalue weighted by Crippen LogP contribution is -2.27. The van der Waals surface area contributed by atoms with Gasteiger partial charge in [0.15, 0.2) is 5.82 Å². The van der Waals surface area contributed by atoms with Gasteiger partial charge in [-0.05, 0) is 6.92 Å². The van der Waals surface area contributed by atoms with Crippen molar-refractivity contribution in [2.75, 3.05) is 19.4 Å². The fourth-order valence-electron chi connectivity index (χ4n) is 0.551. The first-order valence-electron chi connectivity index (χ1n) is 3.38. The standard InChI is InChI=1S/C6H10N4O2/c1-4-7-5(12-9-4)8-6(11)10(2)3/h1-3H3,(H,7,8,9,11). The third kappa shape index (κ3) is 1.94. The van der Waals surface area contributed by atoms with E-state index >= 15 is 0 Å². The largest absolute Gasteiger partial charge is 0.331 e. The maximum Gasteiger partial charge on any atom is 0.329 e. The van der Waals surface area contributed by atoms with Crippen LogP contribution in [0.2, 0.25) is 0 Å². The molecule has 1 aromatic rings. The summed E-state index contributed by atoms with van der Waals surface area (Å²) in [7, 11) is 3.25. The second kappa shape index (κ2) is 3.21. The molecule has 2 amide bonds. The number of carbonyl (C=O) groups excluding carboxylic acids is 1. The maximum absolute atomic E-state index is 11.0.